The highest BCUT2D eigenvalue weighted by Gasteiger charge is 2.23. The summed E-state index contributed by atoms with van der Waals surface area (Å²) in [4.78, 5) is 18.8. The molecule has 0 spiro atoms. The van der Waals surface area contributed by atoms with Crippen LogP contribution in [0, 0.1) is 0 Å². The van der Waals surface area contributed by atoms with Crippen molar-refractivity contribution < 1.29 is 18.3 Å². The van der Waals surface area contributed by atoms with Gasteiger partial charge in [-0.3, -0.25) is 9.36 Å². The van der Waals surface area contributed by atoms with Crippen LogP contribution >= 0.6 is 11.3 Å². The van der Waals surface area contributed by atoms with Crippen LogP contribution in [0.4, 0.5) is 8.78 Å². The first-order valence-corrected chi connectivity index (χ1v) is 10.8. The summed E-state index contributed by atoms with van der Waals surface area (Å²) in [5.74, 6) is 0.819. The molecule has 0 saturated carbocycles. The van der Waals surface area contributed by atoms with Crippen LogP contribution in [0.3, 0.4) is 0 Å². The SMILES string of the molecule is COc1cc(/C=C2\CCn3c2nc2scc(-c4ccccc4)c2c3=O)ccc1OC(F)F. The molecule has 162 valence electrons. The summed E-state index contributed by atoms with van der Waals surface area (Å²) in [5, 5.41) is 2.61. The standard InChI is InChI=1S/C24H18F2N2O3S/c1-30-19-12-14(7-8-18(19)31-24(25)26)11-16-9-10-28-21(16)27-22-20(23(28)29)17(13-32-22)15-5-3-2-4-6-15/h2-8,11-13,24H,9-10H2,1H3/b16-11+. The Morgan fingerprint density at radius 2 is 1.97 bits per heavy atom. The van der Waals surface area contributed by atoms with Gasteiger partial charge in [0.1, 0.15) is 10.7 Å². The first kappa shape index (κ1) is 20.4. The van der Waals surface area contributed by atoms with Gasteiger partial charge in [-0.1, -0.05) is 36.4 Å². The molecule has 0 radical (unpaired) electrons. The van der Waals surface area contributed by atoms with Gasteiger partial charge in [0.25, 0.3) is 5.56 Å². The molecule has 0 amide bonds. The molecule has 1 aliphatic heterocycles. The number of nitrogens with zero attached hydrogens (tertiary/aromatic N) is 2. The maximum absolute atomic E-state index is 13.3. The second-order valence-corrected chi connectivity index (χ2v) is 8.15. The van der Waals surface area contributed by atoms with Gasteiger partial charge in [0.15, 0.2) is 11.5 Å². The summed E-state index contributed by atoms with van der Waals surface area (Å²) < 4.78 is 36.5. The highest BCUT2D eigenvalue weighted by molar-refractivity contribution is 7.17. The van der Waals surface area contributed by atoms with Crippen molar-refractivity contribution in [1.29, 1.82) is 0 Å². The third kappa shape index (κ3) is 3.56. The van der Waals surface area contributed by atoms with Crippen molar-refractivity contribution in [3.05, 3.63) is 75.7 Å². The first-order chi connectivity index (χ1) is 15.5. The van der Waals surface area contributed by atoms with E-state index < -0.39 is 6.61 Å². The lowest BCUT2D eigenvalue weighted by Crippen LogP contribution is -2.20. The van der Waals surface area contributed by atoms with E-state index in [0.29, 0.717) is 29.0 Å². The molecule has 0 unspecified atom stereocenters. The van der Waals surface area contributed by atoms with Crippen LogP contribution in [0.25, 0.3) is 33.0 Å². The molecule has 2 aromatic carbocycles. The van der Waals surface area contributed by atoms with Gasteiger partial charge < -0.3 is 9.47 Å². The minimum atomic E-state index is -2.93. The Bertz CT molecular complexity index is 1390. The maximum atomic E-state index is 13.3. The van der Waals surface area contributed by atoms with Crippen LogP contribution in [0.2, 0.25) is 0 Å². The number of alkyl halides is 2. The number of methoxy groups -OCH3 is 1. The largest absolute Gasteiger partial charge is 0.493 e. The number of benzene rings is 2. The molecule has 0 bridgehead atoms. The summed E-state index contributed by atoms with van der Waals surface area (Å²) >= 11 is 1.45. The van der Waals surface area contributed by atoms with Crippen molar-refractivity contribution in [2.75, 3.05) is 7.11 Å². The minimum absolute atomic E-state index is 0.0282. The number of allylic oxidation sites excluding steroid dienone is 1. The number of ether oxygens (including phenoxy) is 2. The van der Waals surface area contributed by atoms with E-state index in [2.05, 4.69) is 4.74 Å². The molecular formula is C24H18F2N2O3S. The zero-order valence-corrected chi connectivity index (χ0v) is 17.9. The van der Waals surface area contributed by atoms with Crippen LogP contribution in [0.5, 0.6) is 11.5 Å². The van der Waals surface area contributed by atoms with Crippen molar-refractivity contribution in [3.63, 3.8) is 0 Å². The van der Waals surface area contributed by atoms with Crippen molar-refractivity contribution in [2.45, 2.75) is 19.6 Å². The zero-order valence-electron chi connectivity index (χ0n) is 17.0. The number of hydrogen-bond donors (Lipinski definition) is 0. The smallest absolute Gasteiger partial charge is 0.387 e. The van der Waals surface area contributed by atoms with Crippen LogP contribution in [0.1, 0.15) is 17.8 Å². The molecule has 2 aromatic heterocycles. The quantitative estimate of drug-likeness (QED) is 0.391. The van der Waals surface area contributed by atoms with E-state index in [1.807, 2.05) is 41.8 Å². The lowest BCUT2D eigenvalue weighted by Gasteiger charge is -2.10. The van der Waals surface area contributed by atoms with Gasteiger partial charge in [-0.2, -0.15) is 8.78 Å². The van der Waals surface area contributed by atoms with Gasteiger partial charge in [0.2, 0.25) is 0 Å². The molecule has 0 atom stereocenters. The number of aromatic nitrogens is 2. The Labute approximate surface area is 186 Å². The predicted molar refractivity (Wildman–Crippen MR) is 121 cm³/mol. The van der Waals surface area contributed by atoms with E-state index >= 15 is 0 Å². The summed E-state index contributed by atoms with van der Waals surface area (Å²) in [6, 6.07) is 14.6. The summed E-state index contributed by atoms with van der Waals surface area (Å²) in [6.45, 7) is -2.39. The fourth-order valence-corrected chi connectivity index (χ4v) is 4.89. The third-order valence-corrected chi connectivity index (χ3v) is 6.29. The Morgan fingerprint density at radius 3 is 2.72 bits per heavy atom. The molecule has 1 aliphatic rings. The Kier molecular flexibility index (Phi) is 5.22. The summed E-state index contributed by atoms with van der Waals surface area (Å²) in [6.07, 6.45) is 2.55. The first-order valence-electron chi connectivity index (χ1n) is 9.96. The van der Waals surface area contributed by atoms with E-state index in [0.717, 1.165) is 22.3 Å². The minimum Gasteiger partial charge on any atom is -0.493 e. The predicted octanol–water partition coefficient (Wildman–Crippen LogP) is 5.68. The normalized spacial score (nSPS) is 14.3. The molecule has 4 aromatic rings. The number of fused-ring (bicyclic) bond motifs is 2. The summed E-state index contributed by atoms with van der Waals surface area (Å²) in [7, 11) is 1.40. The van der Waals surface area contributed by atoms with Crippen molar-refractivity contribution in [1.82, 2.24) is 9.55 Å². The monoisotopic (exact) mass is 452 g/mol. The average molecular weight is 452 g/mol. The van der Waals surface area contributed by atoms with E-state index in [-0.39, 0.29) is 17.1 Å². The van der Waals surface area contributed by atoms with E-state index in [4.69, 9.17) is 9.72 Å². The van der Waals surface area contributed by atoms with Crippen LogP contribution in [0.15, 0.2) is 58.7 Å². The molecule has 0 aliphatic carbocycles. The molecule has 0 saturated heterocycles. The van der Waals surface area contributed by atoms with Gasteiger partial charge in [-0.05, 0) is 41.3 Å². The second kappa shape index (κ2) is 8.20. The van der Waals surface area contributed by atoms with Crippen LogP contribution in [-0.2, 0) is 6.54 Å². The molecular weight excluding hydrogens is 434 g/mol. The van der Waals surface area contributed by atoms with Crippen LogP contribution < -0.4 is 15.0 Å². The number of rotatable bonds is 5. The molecule has 0 N–H and O–H groups in total. The Balaban J connectivity index is 1.57. The Hall–Kier alpha value is -3.52. The van der Waals surface area contributed by atoms with Gasteiger partial charge in [-0.15, -0.1) is 11.3 Å². The third-order valence-electron chi connectivity index (χ3n) is 5.42. The number of hydrogen-bond acceptors (Lipinski definition) is 5. The lowest BCUT2D eigenvalue weighted by molar-refractivity contribution is -0.0512. The molecule has 3 heterocycles. The fourth-order valence-electron chi connectivity index (χ4n) is 3.96. The van der Waals surface area contributed by atoms with E-state index in [9.17, 15) is 13.6 Å². The van der Waals surface area contributed by atoms with Crippen molar-refractivity contribution in [3.8, 4) is 22.6 Å². The molecule has 0 fully saturated rings. The van der Waals surface area contributed by atoms with Crippen molar-refractivity contribution in [2.24, 2.45) is 0 Å². The number of halogens is 2. The second-order valence-electron chi connectivity index (χ2n) is 7.30. The highest BCUT2D eigenvalue weighted by atomic mass is 32.1. The molecule has 32 heavy (non-hydrogen) atoms. The summed E-state index contributed by atoms with van der Waals surface area (Å²) in [5.41, 5.74) is 3.49. The fraction of sp³-hybridized carbons (Fsp3) is 0.167. The van der Waals surface area contributed by atoms with Gasteiger partial charge in [-0.25, -0.2) is 4.98 Å². The van der Waals surface area contributed by atoms with Gasteiger partial charge >= 0.3 is 6.61 Å². The molecule has 5 rings (SSSR count). The van der Waals surface area contributed by atoms with Gasteiger partial charge in [0, 0.05) is 17.5 Å². The lowest BCUT2D eigenvalue weighted by atomic mass is 10.1. The zero-order chi connectivity index (χ0) is 22.2. The van der Waals surface area contributed by atoms with Crippen molar-refractivity contribution >= 4 is 33.2 Å². The highest BCUT2D eigenvalue weighted by Crippen LogP contribution is 2.35. The molecule has 8 heteroatoms. The topological polar surface area (TPSA) is 53.4 Å². The Morgan fingerprint density at radius 1 is 1.16 bits per heavy atom. The van der Waals surface area contributed by atoms with E-state index in [1.165, 1.54) is 24.5 Å². The average Bonchev–Trinajstić information content (AvgIpc) is 3.40. The number of thiophene rings is 1. The molecule has 5 nitrogen and oxygen atoms in total. The van der Waals surface area contributed by atoms with E-state index in [1.54, 1.807) is 16.7 Å². The van der Waals surface area contributed by atoms with Crippen LogP contribution in [-0.4, -0.2) is 23.3 Å². The maximum Gasteiger partial charge on any atom is 0.387 e. The van der Waals surface area contributed by atoms with Gasteiger partial charge in [0.05, 0.1) is 12.5 Å².